The first-order valence-electron chi connectivity index (χ1n) is 5.91. The summed E-state index contributed by atoms with van der Waals surface area (Å²) in [5, 5.41) is 0.345. The molecule has 0 spiro atoms. The van der Waals surface area contributed by atoms with Crippen molar-refractivity contribution in [3.63, 3.8) is 0 Å². The summed E-state index contributed by atoms with van der Waals surface area (Å²) < 4.78 is 29.4. The maximum absolute atomic E-state index is 12.2. The second-order valence-corrected chi connectivity index (χ2v) is 6.47. The van der Waals surface area contributed by atoms with Gasteiger partial charge in [0.1, 0.15) is 10.6 Å². The Morgan fingerprint density at radius 2 is 1.70 bits per heavy atom. The van der Waals surface area contributed by atoms with Crippen molar-refractivity contribution in [2.45, 2.75) is 18.2 Å². The van der Waals surface area contributed by atoms with Gasteiger partial charge in [0.15, 0.2) is 0 Å². The maximum atomic E-state index is 12.2. The Hall–Kier alpha value is -1.23. The Balaban J connectivity index is 2.32. The lowest BCUT2D eigenvalue weighted by atomic mass is 10.2. The van der Waals surface area contributed by atoms with Crippen LogP contribution in [-0.4, -0.2) is 8.42 Å². The molecule has 0 heterocycles. The van der Waals surface area contributed by atoms with Crippen LogP contribution in [-0.2, 0) is 16.5 Å². The average Bonchev–Trinajstić information content (AvgIpc) is 2.42. The van der Waals surface area contributed by atoms with Crippen LogP contribution in [0.4, 0.5) is 0 Å². The molecule has 0 N–H and O–H groups in total. The van der Waals surface area contributed by atoms with Crippen molar-refractivity contribution < 1.29 is 12.6 Å². The maximum Gasteiger partial charge on any atom is 0.340 e. The quantitative estimate of drug-likeness (QED) is 0.784. The predicted octanol–water partition coefficient (Wildman–Crippen LogP) is 4.32. The molecule has 0 aliphatic heterocycles. The van der Waals surface area contributed by atoms with E-state index < -0.39 is 10.1 Å². The largest absolute Gasteiger partial charge is 0.379 e. The SMILES string of the molecule is CCc1ccc(OS(=O)(=O)c2cc(Cl)ccc2Cl)cc1. The van der Waals surface area contributed by atoms with E-state index in [1.54, 1.807) is 12.1 Å². The molecule has 0 aliphatic carbocycles. The van der Waals surface area contributed by atoms with Gasteiger partial charge in [-0.05, 0) is 42.3 Å². The minimum atomic E-state index is -4.00. The molecule has 2 aromatic carbocycles. The molecule has 0 saturated heterocycles. The molecule has 0 fully saturated rings. The van der Waals surface area contributed by atoms with Gasteiger partial charge in [0.2, 0.25) is 0 Å². The summed E-state index contributed by atoms with van der Waals surface area (Å²) in [4.78, 5) is -0.147. The number of benzene rings is 2. The predicted molar refractivity (Wildman–Crippen MR) is 80.1 cm³/mol. The highest BCUT2D eigenvalue weighted by Crippen LogP contribution is 2.27. The Bertz CT molecular complexity index is 710. The fraction of sp³-hybridized carbons (Fsp3) is 0.143. The summed E-state index contributed by atoms with van der Waals surface area (Å²) in [5.74, 6) is 0.234. The van der Waals surface area contributed by atoms with Gasteiger partial charge < -0.3 is 4.18 Å². The highest BCUT2D eigenvalue weighted by atomic mass is 35.5. The Morgan fingerprint density at radius 1 is 1.05 bits per heavy atom. The van der Waals surface area contributed by atoms with E-state index in [-0.39, 0.29) is 20.7 Å². The summed E-state index contributed by atoms with van der Waals surface area (Å²) >= 11 is 11.7. The van der Waals surface area contributed by atoms with Crippen LogP contribution < -0.4 is 4.18 Å². The summed E-state index contributed by atoms with van der Waals surface area (Å²) in [5.41, 5.74) is 1.09. The summed E-state index contributed by atoms with van der Waals surface area (Å²) in [6.07, 6.45) is 0.868. The first-order chi connectivity index (χ1) is 9.42. The van der Waals surface area contributed by atoms with Gasteiger partial charge in [-0.15, -0.1) is 0 Å². The van der Waals surface area contributed by atoms with Crippen molar-refractivity contribution in [3.8, 4) is 5.75 Å². The minimum absolute atomic E-state index is 0.0691. The highest BCUT2D eigenvalue weighted by molar-refractivity contribution is 7.87. The van der Waals surface area contributed by atoms with Crippen LogP contribution in [0.5, 0.6) is 5.75 Å². The topological polar surface area (TPSA) is 43.4 Å². The van der Waals surface area contributed by atoms with Gasteiger partial charge in [-0.2, -0.15) is 8.42 Å². The molecule has 20 heavy (non-hydrogen) atoms. The first kappa shape index (κ1) is 15.2. The molecule has 0 saturated carbocycles. The molecular formula is C14H12Cl2O3S. The molecule has 0 amide bonds. The van der Waals surface area contributed by atoms with Gasteiger partial charge in [0.05, 0.1) is 5.02 Å². The molecule has 2 rings (SSSR count). The lowest BCUT2D eigenvalue weighted by Gasteiger charge is -2.09. The smallest absolute Gasteiger partial charge is 0.340 e. The fourth-order valence-electron chi connectivity index (χ4n) is 1.62. The zero-order chi connectivity index (χ0) is 14.8. The molecule has 0 unspecified atom stereocenters. The second-order valence-electron chi connectivity index (χ2n) is 4.11. The van der Waals surface area contributed by atoms with Gasteiger partial charge in [0.25, 0.3) is 0 Å². The van der Waals surface area contributed by atoms with Crippen molar-refractivity contribution in [1.82, 2.24) is 0 Å². The van der Waals surface area contributed by atoms with Crippen molar-refractivity contribution in [3.05, 3.63) is 58.1 Å². The zero-order valence-corrected chi connectivity index (χ0v) is 13.0. The fourth-order valence-corrected chi connectivity index (χ4v) is 3.29. The van der Waals surface area contributed by atoms with Crippen molar-refractivity contribution >= 4 is 33.3 Å². The van der Waals surface area contributed by atoms with E-state index in [1.165, 1.54) is 18.2 Å². The molecule has 0 aromatic heterocycles. The van der Waals surface area contributed by atoms with Crippen LogP contribution in [0.2, 0.25) is 10.0 Å². The van der Waals surface area contributed by atoms with Gasteiger partial charge in [-0.3, -0.25) is 0 Å². The lowest BCUT2D eigenvalue weighted by molar-refractivity contribution is 0.486. The van der Waals surface area contributed by atoms with Crippen LogP contribution in [0.25, 0.3) is 0 Å². The van der Waals surface area contributed by atoms with E-state index in [0.717, 1.165) is 12.0 Å². The zero-order valence-electron chi connectivity index (χ0n) is 10.6. The average molecular weight is 331 g/mol. The number of rotatable bonds is 4. The van der Waals surface area contributed by atoms with Crippen LogP contribution in [0, 0.1) is 0 Å². The summed E-state index contributed by atoms with van der Waals surface area (Å²) in [6, 6.07) is 11.0. The van der Waals surface area contributed by atoms with E-state index in [4.69, 9.17) is 27.4 Å². The molecule has 3 nitrogen and oxygen atoms in total. The first-order valence-corrected chi connectivity index (χ1v) is 8.07. The molecular weight excluding hydrogens is 319 g/mol. The third kappa shape index (κ3) is 3.45. The van der Waals surface area contributed by atoms with Gasteiger partial charge in [0, 0.05) is 5.02 Å². The molecule has 0 radical (unpaired) electrons. The molecule has 0 bridgehead atoms. The molecule has 2 aromatic rings. The van der Waals surface area contributed by atoms with Crippen molar-refractivity contribution in [1.29, 1.82) is 0 Å². The summed E-state index contributed by atoms with van der Waals surface area (Å²) in [7, 11) is -4.00. The van der Waals surface area contributed by atoms with Crippen LogP contribution in [0.1, 0.15) is 12.5 Å². The number of halogens is 2. The van der Waals surface area contributed by atoms with E-state index >= 15 is 0 Å². The molecule has 0 atom stereocenters. The summed E-state index contributed by atoms with van der Waals surface area (Å²) in [6.45, 7) is 2.01. The van der Waals surface area contributed by atoms with E-state index in [1.807, 2.05) is 19.1 Å². The van der Waals surface area contributed by atoms with Crippen molar-refractivity contribution in [2.75, 3.05) is 0 Å². The molecule has 0 aliphatic rings. The minimum Gasteiger partial charge on any atom is -0.379 e. The lowest BCUT2D eigenvalue weighted by Crippen LogP contribution is -2.10. The van der Waals surface area contributed by atoms with Gasteiger partial charge >= 0.3 is 10.1 Å². The van der Waals surface area contributed by atoms with Gasteiger partial charge in [-0.1, -0.05) is 42.3 Å². The molecule has 6 heteroatoms. The highest BCUT2D eigenvalue weighted by Gasteiger charge is 2.20. The standard InChI is InChI=1S/C14H12Cl2O3S/c1-2-10-3-6-12(7-4-10)19-20(17,18)14-9-11(15)5-8-13(14)16/h3-9H,2H2,1H3. The van der Waals surface area contributed by atoms with E-state index in [2.05, 4.69) is 0 Å². The van der Waals surface area contributed by atoms with Crippen molar-refractivity contribution in [2.24, 2.45) is 0 Å². The van der Waals surface area contributed by atoms with Crippen LogP contribution in [0.15, 0.2) is 47.4 Å². The van der Waals surface area contributed by atoms with E-state index in [9.17, 15) is 8.42 Å². The third-order valence-electron chi connectivity index (χ3n) is 2.70. The Morgan fingerprint density at radius 3 is 2.30 bits per heavy atom. The number of hydrogen-bond acceptors (Lipinski definition) is 3. The van der Waals surface area contributed by atoms with Crippen LogP contribution >= 0.6 is 23.2 Å². The van der Waals surface area contributed by atoms with Crippen LogP contribution in [0.3, 0.4) is 0 Å². The molecule has 106 valence electrons. The third-order valence-corrected chi connectivity index (χ3v) is 4.67. The Labute approximate surface area is 128 Å². The van der Waals surface area contributed by atoms with E-state index in [0.29, 0.717) is 0 Å². The number of aryl methyl sites for hydroxylation is 1. The second kappa shape index (κ2) is 6.04. The number of hydrogen-bond donors (Lipinski definition) is 0. The van der Waals surface area contributed by atoms with Gasteiger partial charge in [-0.25, -0.2) is 0 Å². The monoisotopic (exact) mass is 330 g/mol. The normalized spacial score (nSPS) is 11.3. The Kier molecular flexibility index (Phi) is 4.58.